The first-order chi connectivity index (χ1) is 10.7. The summed E-state index contributed by atoms with van der Waals surface area (Å²) in [6, 6.07) is 13.5. The third-order valence-corrected chi connectivity index (χ3v) is 3.40. The van der Waals surface area contributed by atoms with E-state index in [2.05, 4.69) is 18.1 Å². The number of aryl methyl sites for hydroxylation is 2. The SMILES string of the molecule is C#CCOc1cc(CCCc2cccc(OC)c2)ccc1O. The van der Waals surface area contributed by atoms with E-state index in [1.807, 2.05) is 24.3 Å². The molecule has 0 fully saturated rings. The summed E-state index contributed by atoms with van der Waals surface area (Å²) in [5.41, 5.74) is 2.37. The molecule has 0 aliphatic carbocycles. The molecule has 1 N–H and O–H groups in total. The Kier molecular flexibility index (Phi) is 5.73. The van der Waals surface area contributed by atoms with Crippen LogP contribution in [0.3, 0.4) is 0 Å². The van der Waals surface area contributed by atoms with Crippen molar-refractivity contribution in [2.75, 3.05) is 13.7 Å². The van der Waals surface area contributed by atoms with Crippen LogP contribution in [0.25, 0.3) is 0 Å². The molecule has 0 atom stereocenters. The zero-order valence-corrected chi connectivity index (χ0v) is 12.7. The van der Waals surface area contributed by atoms with Gasteiger partial charge in [-0.15, -0.1) is 6.42 Å². The smallest absolute Gasteiger partial charge is 0.162 e. The molecule has 0 aliphatic heterocycles. The third kappa shape index (κ3) is 4.46. The molecule has 0 spiro atoms. The van der Waals surface area contributed by atoms with Crippen molar-refractivity contribution in [2.24, 2.45) is 0 Å². The van der Waals surface area contributed by atoms with Crippen LogP contribution in [0.4, 0.5) is 0 Å². The Hall–Kier alpha value is -2.60. The molecule has 2 aromatic carbocycles. The molecule has 3 nitrogen and oxygen atoms in total. The quantitative estimate of drug-likeness (QED) is 0.794. The lowest BCUT2D eigenvalue weighted by Crippen LogP contribution is -1.96. The Balaban J connectivity index is 1.92. The van der Waals surface area contributed by atoms with E-state index in [4.69, 9.17) is 15.9 Å². The summed E-state index contributed by atoms with van der Waals surface area (Å²) in [4.78, 5) is 0. The highest BCUT2D eigenvalue weighted by atomic mass is 16.5. The molecular formula is C19H20O3. The van der Waals surface area contributed by atoms with Crippen molar-refractivity contribution >= 4 is 0 Å². The van der Waals surface area contributed by atoms with Crippen molar-refractivity contribution in [2.45, 2.75) is 19.3 Å². The molecule has 0 aliphatic rings. The fraction of sp³-hybridized carbons (Fsp3) is 0.263. The molecular weight excluding hydrogens is 276 g/mol. The number of terminal acetylenes is 1. The van der Waals surface area contributed by atoms with Gasteiger partial charge < -0.3 is 14.6 Å². The number of hydrogen-bond donors (Lipinski definition) is 1. The number of phenols is 1. The van der Waals surface area contributed by atoms with E-state index in [0.717, 1.165) is 30.6 Å². The Bertz CT molecular complexity index is 656. The van der Waals surface area contributed by atoms with Crippen LogP contribution in [0, 0.1) is 12.3 Å². The minimum Gasteiger partial charge on any atom is -0.504 e. The normalized spacial score (nSPS) is 10.0. The van der Waals surface area contributed by atoms with Crippen molar-refractivity contribution in [3.63, 3.8) is 0 Å². The first kappa shape index (κ1) is 15.8. The molecule has 0 aromatic heterocycles. The van der Waals surface area contributed by atoms with Gasteiger partial charge in [0.15, 0.2) is 11.5 Å². The van der Waals surface area contributed by atoms with Crippen molar-refractivity contribution in [3.8, 4) is 29.6 Å². The van der Waals surface area contributed by atoms with Gasteiger partial charge in [0, 0.05) is 0 Å². The van der Waals surface area contributed by atoms with Crippen LogP contribution in [0.5, 0.6) is 17.2 Å². The number of benzene rings is 2. The summed E-state index contributed by atoms with van der Waals surface area (Å²) in [6.45, 7) is 0.154. The highest BCUT2D eigenvalue weighted by molar-refractivity contribution is 5.42. The van der Waals surface area contributed by atoms with Gasteiger partial charge in [-0.05, 0) is 54.7 Å². The average Bonchev–Trinajstić information content (AvgIpc) is 2.55. The molecule has 0 saturated heterocycles. The first-order valence-corrected chi connectivity index (χ1v) is 7.24. The van der Waals surface area contributed by atoms with E-state index in [9.17, 15) is 5.11 Å². The summed E-state index contributed by atoms with van der Waals surface area (Å²) in [5.74, 6) is 3.83. The van der Waals surface area contributed by atoms with Crippen LogP contribution in [0.2, 0.25) is 0 Å². The average molecular weight is 296 g/mol. The standard InChI is InChI=1S/C19H20O3/c1-3-12-22-19-14-16(10-11-18(19)20)7-4-6-15-8-5-9-17(13-15)21-2/h1,5,8-11,13-14,20H,4,6-7,12H2,2H3. The van der Waals surface area contributed by atoms with E-state index in [-0.39, 0.29) is 12.4 Å². The lowest BCUT2D eigenvalue weighted by Gasteiger charge is -2.08. The molecule has 0 unspecified atom stereocenters. The summed E-state index contributed by atoms with van der Waals surface area (Å²) >= 11 is 0. The van der Waals surface area contributed by atoms with Crippen LogP contribution < -0.4 is 9.47 Å². The van der Waals surface area contributed by atoms with Crippen LogP contribution in [-0.4, -0.2) is 18.8 Å². The van der Waals surface area contributed by atoms with E-state index in [1.54, 1.807) is 13.2 Å². The highest BCUT2D eigenvalue weighted by Gasteiger charge is 2.04. The Morgan fingerprint density at radius 2 is 1.86 bits per heavy atom. The van der Waals surface area contributed by atoms with Crippen molar-refractivity contribution in [3.05, 3.63) is 53.6 Å². The zero-order chi connectivity index (χ0) is 15.8. The van der Waals surface area contributed by atoms with Crippen molar-refractivity contribution in [1.29, 1.82) is 0 Å². The van der Waals surface area contributed by atoms with Crippen LogP contribution in [0.15, 0.2) is 42.5 Å². The second-order valence-corrected chi connectivity index (χ2v) is 5.00. The summed E-state index contributed by atoms with van der Waals surface area (Å²) in [5, 5.41) is 9.72. The van der Waals surface area contributed by atoms with Gasteiger partial charge in [-0.3, -0.25) is 0 Å². The molecule has 114 valence electrons. The van der Waals surface area contributed by atoms with Gasteiger partial charge in [-0.2, -0.15) is 0 Å². The number of rotatable bonds is 7. The largest absolute Gasteiger partial charge is 0.504 e. The Morgan fingerprint density at radius 3 is 2.59 bits per heavy atom. The topological polar surface area (TPSA) is 38.7 Å². The predicted octanol–water partition coefficient (Wildman–Crippen LogP) is 3.59. The minimum absolute atomic E-state index is 0.117. The maximum Gasteiger partial charge on any atom is 0.162 e. The van der Waals surface area contributed by atoms with Gasteiger partial charge in [0.05, 0.1) is 7.11 Å². The minimum atomic E-state index is 0.117. The monoisotopic (exact) mass is 296 g/mol. The van der Waals surface area contributed by atoms with Crippen LogP contribution in [-0.2, 0) is 12.8 Å². The van der Waals surface area contributed by atoms with Crippen molar-refractivity contribution < 1.29 is 14.6 Å². The second-order valence-electron chi connectivity index (χ2n) is 5.00. The van der Waals surface area contributed by atoms with E-state index in [0.29, 0.717) is 5.75 Å². The maximum absolute atomic E-state index is 9.72. The molecule has 2 aromatic rings. The van der Waals surface area contributed by atoms with Gasteiger partial charge in [0.25, 0.3) is 0 Å². The number of ether oxygens (including phenoxy) is 2. The van der Waals surface area contributed by atoms with Gasteiger partial charge in [0.2, 0.25) is 0 Å². The molecule has 0 saturated carbocycles. The molecule has 22 heavy (non-hydrogen) atoms. The van der Waals surface area contributed by atoms with Gasteiger partial charge >= 0.3 is 0 Å². The third-order valence-electron chi connectivity index (χ3n) is 3.40. The number of methoxy groups -OCH3 is 1. The van der Waals surface area contributed by atoms with Crippen LogP contribution >= 0.6 is 0 Å². The summed E-state index contributed by atoms with van der Waals surface area (Å²) in [7, 11) is 1.67. The lowest BCUT2D eigenvalue weighted by atomic mass is 10.0. The van der Waals surface area contributed by atoms with Crippen molar-refractivity contribution in [1.82, 2.24) is 0 Å². The predicted molar refractivity (Wildman–Crippen MR) is 87.5 cm³/mol. The van der Waals surface area contributed by atoms with Gasteiger partial charge in [-0.1, -0.05) is 24.1 Å². The first-order valence-electron chi connectivity index (χ1n) is 7.24. The number of aromatic hydroxyl groups is 1. The maximum atomic E-state index is 9.72. The lowest BCUT2D eigenvalue weighted by molar-refractivity contribution is 0.341. The van der Waals surface area contributed by atoms with Crippen LogP contribution in [0.1, 0.15) is 17.5 Å². The summed E-state index contributed by atoms with van der Waals surface area (Å²) in [6.07, 6.45) is 8.05. The number of phenolic OH excluding ortho intramolecular Hbond substituents is 1. The second kappa shape index (κ2) is 7.99. The fourth-order valence-corrected chi connectivity index (χ4v) is 2.27. The molecule has 0 bridgehead atoms. The summed E-state index contributed by atoms with van der Waals surface area (Å²) < 4.78 is 10.5. The fourth-order valence-electron chi connectivity index (χ4n) is 2.27. The molecule has 0 heterocycles. The Labute approximate surface area is 131 Å². The molecule has 0 radical (unpaired) electrons. The highest BCUT2D eigenvalue weighted by Crippen LogP contribution is 2.27. The molecule has 0 amide bonds. The Morgan fingerprint density at radius 1 is 1.09 bits per heavy atom. The van der Waals surface area contributed by atoms with Gasteiger partial charge in [0.1, 0.15) is 12.4 Å². The zero-order valence-electron chi connectivity index (χ0n) is 12.7. The molecule has 3 heteroatoms. The van der Waals surface area contributed by atoms with E-state index < -0.39 is 0 Å². The van der Waals surface area contributed by atoms with E-state index in [1.165, 1.54) is 5.56 Å². The van der Waals surface area contributed by atoms with E-state index >= 15 is 0 Å². The van der Waals surface area contributed by atoms with Gasteiger partial charge in [-0.25, -0.2) is 0 Å². The molecule has 2 rings (SSSR count). The number of hydrogen-bond acceptors (Lipinski definition) is 3.